The lowest BCUT2D eigenvalue weighted by Gasteiger charge is -2.39. The first kappa shape index (κ1) is 12.1. The largest absolute Gasteiger partial charge is 0.290 e. The van der Waals surface area contributed by atoms with E-state index >= 15 is 0 Å². The molecule has 0 aliphatic heterocycles. The molecule has 1 saturated carbocycles. The highest BCUT2D eigenvalue weighted by molar-refractivity contribution is 6.65. The molecule has 0 aromatic carbocycles. The van der Waals surface area contributed by atoms with Crippen LogP contribution in [0.15, 0.2) is 0 Å². The van der Waals surface area contributed by atoms with Crippen LogP contribution in [0.25, 0.3) is 0 Å². The van der Waals surface area contributed by atoms with Gasteiger partial charge in [0.1, 0.15) is 0 Å². The van der Waals surface area contributed by atoms with E-state index in [4.69, 9.17) is 0 Å². The van der Waals surface area contributed by atoms with Crippen molar-refractivity contribution >= 4 is 17.3 Å². The zero-order valence-corrected chi connectivity index (χ0v) is 9.63. The van der Waals surface area contributed by atoms with Crippen LogP contribution in [-0.2, 0) is 14.4 Å². The number of ketones is 3. The number of carbonyl (C=O) groups is 3. The summed E-state index contributed by atoms with van der Waals surface area (Å²) in [6.07, 6.45) is 2.34. The Hall–Kier alpha value is -0.990. The van der Waals surface area contributed by atoms with Gasteiger partial charge in [-0.2, -0.15) is 0 Å². The Balaban J connectivity index is 3.14. The van der Waals surface area contributed by atoms with Crippen molar-refractivity contribution in [1.29, 1.82) is 0 Å². The van der Waals surface area contributed by atoms with Gasteiger partial charge in [0.15, 0.2) is 0 Å². The predicted molar refractivity (Wildman–Crippen MR) is 56.4 cm³/mol. The summed E-state index contributed by atoms with van der Waals surface area (Å²) in [5.74, 6) is -1.67. The van der Waals surface area contributed by atoms with E-state index in [9.17, 15) is 14.4 Å². The van der Waals surface area contributed by atoms with E-state index in [0.29, 0.717) is 12.8 Å². The lowest BCUT2D eigenvalue weighted by molar-refractivity contribution is -0.155. The third kappa shape index (κ3) is 1.64. The van der Waals surface area contributed by atoms with Crippen LogP contribution in [0.1, 0.15) is 46.5 Å². The molecule has 0 radical (unpaired) electrons. The molecule has 84 valence electrons. The van der Waals surface area contributed by atoms with E-state index in [1.54, 1.807) is 0 Å². The molecule has 0 spiro atoms. The van der Waals surface area contributed by atoms with Gasteiger partial charge in [0.05, 0.1) is 0 Å². The molecule has 0 aromatic heterocycles. The van der Waals surface area contributed by atoms with Crippen molar-refractivity contribution in [1.82, 2.24) is 0 Å². The normalized spacial score (nSPS) is 25.8. The molecule has 0 bridgehead atoms. The lowest BCUT2D eigenvalue weighted by Crippen LogP contribution is -2.50. The monoisotopic (exact) mass is 210 g/mol. The second-order valence-electron chi connectivity index (χ2n) is 4.25. The molecule has 3 nitrogen and oxygen atoms in total. The van der Waals surface area contributed by atoms with E-state index < -0.39 is 22.8 Å². The minimum Gasteiger partial charge on any atom is -0.290 e. The Kier molecular flexibility index (Phi) is 3.42. The Morgan fingerprint density at radius 3 is 2.07 bits per heavy atom. The van der Waals surface area contributed by atoms with E-state index in [-0.39, 0.29) is 12.3 Å². The first-order valence-corrected chi connectivity index (χ1v) is 5.65. The molecule has 3 heteroatoms. The first-order chi connectivity index (χ1) is 7.03. The summed E-state index contributed by atoms with van der Waals surface area (Å²) in [5.41, 5.74) is -0.570. The molecule has 1 atom stereocenters. The lowest BCUT2D eigenvalue weighted by atomic mass is 9.61. The van der Waals surface area contributed by atoms with Crippen LogP contribution in [0, 0.1) is 11.3 Å². The highest BCUT2D eigenvalue weighted by atomic mass is 16.2. The van der Waals surface area contributed by atoms with Gasteiger partial charge in [0.25, 0.3) is 5.78 Å². The van der Waals surface area contributed by atoms with Gasteiger partial charge < -0.3 is 0 Å². The Labute approximate surface area is 90.2 Å². The van der Waals surface area contributed by atoms with E-state index in [1.807, 2.05) is 20.8 Å². The zero-order chi connectivity index (χ0) is 11.6. The number of Topliss-reactive ketones (excluding diaryl/α,β-unsaturated/α-hetero) is 3. The van der Waals surface area contributed by atoms with E-state index in [0.717, 1.165) is 6.42 Å². The van der Waals surface area contributed by atoms with Gasteiger partial charge in [-0.05, 0) is 18.8 Å². The summed E-state index contributed by atoms with van der Waals surface area (Å²) in [5, 5.41) is 0. The Morgan fingerprint density at radius 2 is 1.67 bits per heavy atom. The van der Waals surface area contributed by atoms with Crippen molar-refractivity contribution in [3.8, 4) is 0 Å². The van der Waals surface area contributed by atoms with Gasteiger partial charge in [-0.15, -0.1) is 0 Å². The summed E-state index contributed by atoms with van der Waals surface area (Å²) in [6, 6.07) is 0. The highest BCUT2D eigenvalue weighted by Gasteiger charge is 2.50. The van der Waals surface area contributed by atoms with Crippen LogP contribution < -0.4 is 0 Å². The van der Waals surface area contributed by atoms with Crippen LogP contribution >= 0.6 is 0 Å². The molecule has 0 heterocycles. The molecule has 1 rings (SSSR count). The maximum atomic E-state index is 11.9. The van der Waals surface area contributed by atoms with Crippen molar-refractivity contribution in [2.75, 3.05) is 0 Å². The topological polar surface area (TPSA) is 51.2 Å². The molecule has 0 N–H and O–H groups in total. The first-order valence-electron chi connectivity index (χ1n) is 5.65. The standard InChI is InChI=1S/C12H18O3/c1-4-8-7-9(13)10(14)11(15)12(8,5-2)6-3/h8H,4-7H2,1-3H3. The Bertz CT molecular complexity index is 300. The summed E-state index contributed by atoms with van der Waals surface area (Å²) in [7, 11) is 0. The van der Waals surface area contributed by atoms with Crippen LogP contribution in [-0.4, -0.2) is 17.3 Å². The molecule has 1 aliphatic carbocycles. The fourth-order valence-corrected chi connectivity index (χ4v) is 2.73. The third-order valence-electron chi connectivity index (χ3n) is 3.88. The minimum atomic E-state index is -0.775. The van der Waals surface area contributed by atoms with Crippen LogP contribution in [0.3, 0.4) is 0 Å². The second-order valence-corrected chi connectivity index (χ2v) is 4.25. The predicted octanol–water partition coefficient (Wildman–Crippen LogP) is 1.93. The molecule has 1 unspecified atom stereocenters. The van der Waals surface area contributed by atoms with Crippen molar-refractivity contribution < 1.29 is 14.4 Å². The van der Waals surface area contributed by atoms with Gasteiger partial charge in [-0.3, -0.25) is 14.4 Å². The average molecular weight is 210 g/mol. The summed E-state index contributed by atoms with van der Waals surface area (Å²) in [4.78, 5) is 34.7. The molecule has 1 fully saturated rings. The average Bonchev–Trinajstić information content (AvgIpc) is 2.26. The summed E-state index contributed by atoms with van der Waals surface area (Å²) >= 11 is 0. The van der Waals surface area contributed by atoms with E-state index in [1.165, 1.54) is 0 Å². The molecule has 0 amide bonds. The van der Waals surface area contributed by atoms with Crippen LogP contribution in [0.2, 0.25) is 0 Å². The molecular weight excluding hydrogens is 192 g/mol. The van der Waals surface area contributed by atoms with Gasteiger partial charge in [0.2, 0.25) is 11.6 Å². The van der Waals surface area contributed by atoms with Crippen molar-refractivity contribution in [2.24, 2.45) is 11.3 Å². The number of rotatable bonds is 3. The quantitative estimate of drug-likeness (QED) is 0.669. The summed E-state index contributed by atoms with van der Waals surface area (Å²) in [6.45, 7) is 5.82. The molecule has 1 aliphatic rings. The fraction of sp³-hybridized carbons (Fsp3) is 0.750. The van der Waals surface area contributed by atoms with Crippen molar-refractivity contribution in [3.05, 3.63) is 0 Å². The maximum absolute atomic E-state index is 11.9. The minimum absolute atomic E-state index is 0.0465. The fourth-order valence-electron chi connectivity index (χ4n) is 2.73. The maximum Gasteiger partial charge on any atom is 0.264 e. The van der Waals surface area contributed by atoms with Gasteiger partial charge in [-0.1, -0.05) is 27.2 Å². The highest BCUT2D eigenvalue weighted by Crippen LogP contribution is 2.43. The van der Waals surface area contributed by atoms with Crippen LogP contribution in [0.4, 0.5) is 0 Å². The molecule has 0 saturated heterocycles. The molecule has 15 heavy (non-hydrogen) atoms. The van der Waals surface area contributed by atoms with Gasteiger partial charge in [-0.25, -0.2) is 0 Å². The van der Waals surface area contributed by atoms with Crippen molar-refractivity contribution in [3.63, 3.8) is 0 Å². The van der Waals surface area contributed by atoms with Gasteiger partial charge >= 0.3 is 0 Å². The SMILES string of the molecule is CCC1CC(=O)C(=O)C(=O)C1(CC)CC. The number of hydrogen-bond donors (Lipinski definition) is 0. The molecule has 0 aromatic rings. The Morgan fingerprint density at radius 1 is 1.13 bits per heavy atom. The van der Waals surface area contributed by atoms with Gasteiger partial charge in [0, 0.05) is 11.8 Å². The number of hydrogen-bond acceptors (Lipinski definition) is 3. The smallest absolute Gasteiger partial charge is 0.264 e. The molecular formula is C12H18O3. The van der Waals surface area contributed by atoms with E-state index in [2.05, 4.69) is 0 Å². The third-order valence-corrected chi connectivity index (χ3v) is 3.88. The number of carbonyl (C=O) groups excluding carboxylic acids is 3. The zero-order valence-electron chi connectivity index (χ0n) is 9.63. The second kappa shape index (κ2) is 4.25. The van der Waals surface area contributed by atoms with Crippen molar-refractivity contribution in [2.45, 2.75) is 46.5 Å². The van der Waals surface area contributed by atoms with Crippen LogP contribution in [0.5, 0.6) is 0 Å². The summed E-state index contributed by atoms with van der Waals surface area (Å²) < 4.78 is 0.